The van der Waals surface area contributed by atoms with E-state index in [1.54, 1.807) is 0 Å². The molecule has 0 fully saturated rings. The van der Waals surface area contributed by atoms with Gasteiger partial charge < -0.3 is 14.2 Å². The molecule has 18 heavy (non-hydrogen) atoms. The van der Waals surface area contributed by atoms with E-state index in [4.69, 9.17) is 14.2 Å². The van der Waals surface area contributed by atoms with Crippen LogP contribution in [0.5, 0.6) is 0 Å². The van der Waals surface area contributed by atoms with E-state index in [0.717, 1.165) is 0 Å². The van der Waals surface area contributed by atoms with Crippen molar-refractivity contribution in [2.75, 3.05) is 0 Å². The average Bonchev–Trinajstić information content (AvgIpc) is 2.13. The van der Waals surface area contributed by atoms with E-state index in [9.17, 15) is 4.79 Å². The zero-order chi connectivity index (χ0) is 14.3. The van der Waals surface area contributed by atoms with E-state index in [0.29, 0.717) is 6.42 Å². The maximum Gasteiger partial charge on any atom is 0.306 e. The van der Waals surface area contributed by atoms with Gasteiger partial charge in [0.2, 0.25) is 0 Å². The highest BCUT2D eigenvalue weighted by molar-refractivity contribution is 5.69. The Hall–Kier alpha value is -0.610. The molecule has 0 aromatic rings. The van der Waals surface area contributed by atoms with Crippen LogP contribution in [0.4, 0.5) is 0 Å². The Morgan fingerprint density at radius 3 is 1.61 bits per heavy atom. The molecule has 0 heterocycles. The van der Waals surface area contributed by atoms with Crippen LogP contribution < -0.4 is 0 Å². The van der Waals surface area contributed by atoms with Gasteiger partial charge in [-0.15, -0.1) is 0 Å². The van der Waals surface area contributed by atoms with Crippen molar-refractivity contribution >= 4 is 5.97 Å². The number of ether oxygens (including phenoxy) is 3. The molecule has 4 heteroatoms. The monoisotopic (exact) mass is 260 g/mol. The van der Waals surface area contributed by atoms with Crippen molar-refractivity contribution in [2.45, 2.75) is 79.5 Å². The van der Waals surface area contributed by atoms with Crippen molar-refractivity contribution in [3.05, 3.63) is 0 Å². The predicted octanol–water partition coefficient (Wildman–Crippen LogP) is 3.14. The Bertz CT molecular complexity index is 226. The maximum absolute atomic E-state index is 11.6. The highest BCUT2D eigenvalue weighted by Crippen LogP contribution is 2.18. The molecule has 108 valence electrons. The largest absolute Gasteiger partial charge is 0.463 e. The first-order valence-corrected chi connectivity index (χ1v) is 6.72. The molecule has 0 bridgehead atoms. The van der Waals surface area contributed by atoms with Crippen molar-refractivity contribution in [3.8, 4) is 0 Å². The van der Waals surface area contributed by atoms with Gasteiger partial charge in [-0.3, -0.25) is 4.79 Å². The molecule has 0 rings (SSSR count). The summed E-state index contributed by atoms with van der Waals surface area (Å²) >= 11 is 0. The second-order valence-electron chi connectivity index (χ2n) is 5.46. The summed E-state index contributed by atoms with van der Waals surface area (Å²) in [6, 6.07) is 0. The minimum absolute atomic E-state index is 0.0268. The van der Waals surface area contributed by atoms with Gasteiger partial charge in [0, 0.05) is 5.92 Å². The molecular formula is C14H28O4. The highest BCUT2D eigenvalue weighted by atomic mass is 16.7. The molecule has 0 spiro atoms. The molecule has 0 aliphatic carbocycles. The molecule has 0 aliphatic heterocycles. The van der Waals surface area contributed by atoms with Crippen LogP contribution >= 0.6 is 0 Å². The van der Waals surface area contributed by atoms with Gasteiger partial charge in [0.25, 0.3) is 0 Å². The number of rotatable bonds is 8. The minimum Gasteiger partial charge on any atom is -0.463 e. The first kappa shape index (κ1) is 17.4. The van der Waals surface area contributed by atoms with Crippen LogP contribution in [0.15, 0.2) is 0 Å². The van der Waals surface area contributed by atoms with Crippen LogP contribution in [0.25, 0.3) is 0 Å². The fourth-order valence-corrected chi connectivity index (χ4v) is 1.51. The second kappa shape index (κ2) is 8.48. The van der Waals surface area contributed by atoms with Crippen LogP contribution in [0.1, 0.15) is 54.9 Å². The van der Waals surface area contributed by atoms with Crippen molar-refractivity contribution in [2.24, 2.45) is 5.92 Å². The summed E-state index contributed by atoms with van der Waals surface area (Å²) in [5.41, 5.74) is 0. The van der Waals surface area contributed by atoms with E-state index in [-0.39, 0.29) is 36.5 Å². The SMILES string of the molecule is CC(C)OC(=O)C[C@H](C)C(OC(C)C)OC(C)C. The molecule has 0 radical (unpaired) electrons. The molecule has 0 aromatic heterocycles. The summed E-state index contributed by atoms with van der Waals surface area (Å²) in [6.07, 6.45) is -0.0121. The quantitative estimate of drug-likeness (QED) is 0.497. The number of hydrogen-bond acceptors (Lipinski definition) is 4. The molecule has 0 amide bonds. The van der Waals surface area contributed by atoms with Gasteiger partial charge in [0.05, 0.1) is 24.7 Å². The van der Waals surface area contributed by atoms with Gasteiger partial charge in [-0.1, -0.05) is 6.92 Å². The van der Waals surface area contributed by atoms with Crippen molar-refractivity contribution < 1.29 is 19.0 Å². The number of carbonyl (C=O) groups is 1. The van der Waals surface area contributed by atoms with Gasteiger partial charge >= 0.3 is 5.97 Å². The van der Waals surface area contributed by atoms with Crippen molar-refractivity contribution in [3.63, 3.8) is 0 Å². The molecule has 0 aromatic carbocycles. The smallest absolute Gasteiger partial charge is 0.306 e. The van der Waals surface area contributed by atoms with Crippen LogP contribution in [0.2, 0.25) is 0 Å². The normalized spacial score (nSPS) is 13.7. The third kappa shape index (κ3) is 8.48. The Balaban J connectivity index is 4.35. The molecular weight excluding hydrogens is 232 g/mol. The van der Waals surface area contributed by atoms with Crippen molar-refractivity contribution in [1.29, 1.82) is 0 Å². The third-order valence-corrected chi connectivity index (χ3v) is 2.13. The number of hydrogen-bond donors (Lipinski definition) is 0. The Morgan fingerprint density at radius 1 is 0.833 bits per heavy atom. The van der Waals surface area contributed by atoms with Gasteiger partial charge in [0.15, 0.2) is 6.29 Å². The molecule has 0 saturated heterocycles. The summed E-state index contributed by atoms with van der Waals surface area (Å²) in [5, 5.41) is 0. The molecule has 4 nitrogen and oxygen atoms in total. The van der Waals surface area contributed by atoms with E-state index in [1.165, 1.54) is 0 Å². The van der Waals surface area contributed by atoms with Crippen LogP contribution in [0, 0.1) is 5.92 Å². The molecule has 0 saturated carbocycles. The molecule has 0 unspecified atom stereocenters. The van der Waals surface area contributed by atoms with Crippen LogP contribution in [-0.2, 0) is 19.0 Å². The predicted molar refractivity (Wildman–Crippen MR) is 71.2 cm³/mol. The van der Waals surface area contributed by atoms with E-state index in [2.05, 4.69) is 0 Å². The fraction of sp³-hybridized carbons (Fsp3) is 0.929. The summed E-state index contributed by atoms with van der Waals surface area (Å²) < 4.78 is 16.5. The topological polar surface area (TPSA) is 44.8 Å². The third-order valence-electron chi connectivity index (χ3n) is 2.13. The lowest BCUT2D eigenvalue weighted by Crippen LogP contribution is -2.32. The zero-order valence-corrected chi connectivity index (χ0v) is 12.7. The number of carbonyl (C=O) groups excluding carboxylic acids is 1. The average molecular weight is 260 g/mol. The lowest BCUT2D eigenvalue weighted by molar-refractivity contribution is -0.208. The van der Waals surface area contributed by atoms with Gasteiger partial charge in [-0.2, -0.15) is 0 Å². The minimum atomic E-state index is -0.371. The highest BCUT2D eigenvalue weighted by Gasteiger charge is 2.24. The van der Waals surface area contributed by atoms with Gasteiger partial charge in [0.1, 0.15) is 0 Å². The lowest BCUT2D eigenvalue weighted by atomic mass is 10.1. The van der Waals surface area contributed by atoms with E-state index >= 15 is 0 Å². The second-order valence-corrected chi connectivity index (χ2v) is 5.46. The van der Waals surface area contributed by atoms with Crippen LogP contribution in [0.3, 0.4) is 0 Å². The molecule has 0 aliphatic rings. The molecule has 1 atom stereocenters. The van der Waals surface area contributed by atoms with Gasteiger partial charge in [-0.25, -0.2) is 0 Å². The summed E-state index contributed by atoms with van der Waals surface area (Å²) in [6.45, 7) is 13.4. The van der Waals surface area contributed by atoms with Gasteiger partial charge in [-0.05, 0) is 41.5 Å². The summed E-state index contributed by atoms with van der Waals surface area (Å²) in [5.74, 6) is -0.233. The van der Waals surface area contributed by atoms with E-state index in [1.807, 2.05) is 48.5 Å². The Kier molecular flexibility index (Phi) is 8.20. The summed E-state index contributed by atoms with van der Waals surface area (Å²) in [4.78, 5) is 11.6. The number of esters is 1. The lowest BCUT2D eigenvalue weighted by Gasteiger charge is -2.27. The van der Waals surface area contributed by atoms with Crippen molar-refractivity contribution in [1.82, 2.24) is 0 Å². The van der Waals surface area contributed by atoms with E-state index < -0.39 is 0 Å². The first-order chi connectivity index (χ1) is 8.22. The molecule has 0 N–H and O–H groups in total. The standard InChI is InChI=1S/C14H28O4/c1-9(2)16-13(15)8-12(7)14(17-10(3)4)18-11(5)6/h9-12,14H,8H2,1-7H3/t12-/m0/s1. The first-order valence-electron chi connectivity index (χ1n) is 6.72. The Labute approximate surface area is 111 Å². The summed E-state index contributed by atoms with van der Waals surface area (Å²) in [7, 11) is 0. The fourth-order valence-electron chi connectivity index (χ4n) is 1.51. The maximum atomic E-state index is 11.6. The Morgan fingerprint density at radius 2 is 1.28 bits per heavy atom. The van der Waals surface area contributed by atoms with Crippen LogP contribution in [-0.4, -0.2) is 30.6 Å². The zero-order valence-electron chi connectivity index (χ0n) is 12.7.